The van der Waals surface area contributed by atoms with Crippen LogP contribution in [0.2, 0.25) is 0 Å². The summed E-state index contributed by atoms with van der Waals surface area (Å²) in [6.45, 7) is 3.82. The number of carbonyl (C=O) groups is 2. The zero-order valence-electron chi connectivity index (χ0n) is 8.73. The summed E-state index contributed by atoms with van der Waals surface area (Å²) in [5, 5.41) is 8.80. The Bertz CT molecular complexity index is 387. The number of carboxylic acid groups (broad SMARTS) is 1. The van der Waals surface area contributed by atoms with Gasteiger partial charge < -0.3 is 10.0 Å². The van der Waals surface area contributed by atoms with Crippen molar-refractivity contribution in [1.29, 1.82) is 0 Å². The SMILES string of the molecule is CCN(C(C)=O)c1cccc(C(=O)O)c1. The van der Waals surface area contributed by atoms with E-state index in [2.05, 4.69) is 0 Å². The summed E-state index contributed by atoms with van der Waals surface area (Å²) in [7, 11) is 0. The monoisotopic (exact) mass is 207 g/mol. The second kappa shape index (κ2) is 4.59. The third kappa shape index (κ3) is 2.56. The third-order valence-corrected chi connectivity index (χ3v) is 2.10. The van der Waals surface area contributed by atoms with Gasteiger partial charge in [0.25, 0.3) is 0 Å². The third-order valence-electron chi connectivity index (χ3n) is 2.10. The molecule has 0 aliphatic carbocycles. The number of carboxylic acids is 1. The largest absolute Gasteiger partial charge is 0.478 e. The van der Waals surface area contributed by atoms with Crippen molar-refractivity contribution in [2.75, 3.05) is 11.4 Å². The fourth-order valence-corrected chi connectivity index (χ4v) is 1.39. The molecule has 0 aliphatic heterocycles. The van der Waals surface area contributed by atoms with Crippen LogP contribution < -0.4 is 4.90 Å². The average molecular weight is 207 g/mol. The highest BCUT2D eigenvalue weighted by Crippen LogP contribution is 2.16. The maximum atomic E-state index is 11.2. The van der Waals surface area contributed by atoms with Crippen LogP contribution in [0, 0.1) is 0 Å². The molecular formula is C11H13NO3. The van der Waals surface area contributed by atoms with Gasteiger partial charge in [-0.3, -0.25) is 4.79 Å². The van der Waals surface area contributed by atoms with Crippen LogP contribution in [-0.4, -0.2) is 23.5 Å². The van der Waals surface area contributed by atoms with Crippen molar-refractivity contribution in [2.45, 2.75) is 13.8 Å². The highest BCUT2D eigenvalue weighted by molar-refractivity contribution is 5.94. The molecule has 15 heavy (non-hydrogen) atoms. The van der Waals surface area contributed by atoms with Gasteiger partial charge in [0.2, 0.25) is 5.91 Å². The summed E-state index contributed by atoms with van der Waals surface area (Å²) in [5.74, 6) is -1.09. The van der Waals surface area contributed by atoms with E-state index in [-0.39, 0.29) is 11.5 Å². The van der Waals surface area contributed by atoms with Crippen LogP contribution in [0.5, 0.6) is 0 Å². The van der Waals surface area contributed by atoms with Crippen LogP contribution in [-0.2, 0) is 4.79 Å². The zero-order valence-corrected chi connectivity index (χ0v) is 8.73. The van der Waals surface area contributed by atoms with Crippen molar-refractivity contribution in [1.82, 2.24) is 0 Å². The van der Waals surface area contributed by atoms with Crippen molar-refractivity contribution in [3.63, 3.8) is 0 Å². The van der Waals surface area contributed by atoms with Crippen molar-refractivity contribution in [3.05, 3.63) is 29.8 Å². The number of aromatic carboxylic acids is 1. The fourth-order valence-electron chi connectivity index (χ4n) is 1.39. The maximum absolute atomic E-state index is 11.2. The molecule has 1 N–H and O–H groups in total. The molecule has 0 spiro atoms. The van der Waals surface area contributed by atoms with Gasteiger partial charge >= 0.3 is 5.97 Å². The molecule has 4 nitrogen and oxygen atoms in total. The van der Waals surface area contributed by atoms with E-state index in [4.69, 9.17) is 5.11 Å². The molecule has 1 aromatic rings. The highest BCUT2D eigenvalue weighted by Gasteiger charge is 2.10. The second-order valence-corrected chi connectivity index (χ2v) is 3.12. The van der Waals surface area contributed by atoms with Gasteiger partial charge in [-0.1, -0.05) is 6.07 Å². The van der Waals surface area contributed by atoms with Crippen molar-refractivity contribution < 1.29 is 14.7 Å². The molecule has 0 aliphatic rings. The first-order valence-electron chi connectivity index (χ1n) is 4.67. The number of anilines is 1. The fraction of sp³-hybridized carbons (Fsp3) is 0.273. The van der Waals surface area contributed by atoms with E-state index in [1.165, 1.54) is 24.0 Å². The Morgan fingerprint density at radius 2 is 2.07 bits per heavy atom. The molecule has 0 bridgehead atoms. The second-order valence-electron chi connectivity index (χ2n) is 3.12. The van der Waals surface area contributed by atoms with E-state index in [1.54, 1.807) is 12.1 Å². The molecule has 0 fully saturated rings. The lowest BCUT2D eigenvalue weighted by atomic mass is 10.2. The van der Waals surface area contributed by atoms with Gasteiger partial charge in [-0.2, -0.15) is 0 Å². The minimum absolute atomic E-state index is 0.0972. The predicted octanol–water partition coefficient (Wildman–Crippen LogP) is 1.76. The zero-order chi connectivity index (χ0) is 11.4. The first-order chi connectivity index (χ1) is 7.06. The summed E-state index contributed by atoms with van der Waals surface area (Å²) in [5.41, 5.74) is 0.803. The minimum atomic E-state index is -0.989. The topological polar surface area (TPSA) is 57.6 Å². The summed E-state index contributed by atoms with van der Waals surface area (Å²) in [4.78, 5) is 23.5. The molecule has 0 saturated carbocycles. The molecule has 80 valence electrons. The lowest BCUT2D eigenvalue weighted by Crippen LogP contribution is -2.27. The van der Waals surface area contributed by atoms with E-state index < -0.39 is 5.97 Å². The molecule has 0 aromatic heterocycles. The molecule has 0 saturated heterocycles. The standard InChI is InChI=1S/C11H13NO3/c1-3-12(8(2)13)10-6-4-5-9(7-10)11(14)15/h4-7H,3H2,1-2H3,(H,14,15). The first-order valence-corrected chi connectivity index (χ1v) is 4.67. The number of nitrogens with zero attached hydrogens (tertiary/aromatic N) is 1. The van der Waals surface area contributed by atoms with Gasteiger partial charge in [-0.15, -0.1) is 0 Å². The molecule has 0 atom stereocenters. The van der Waals surface area contributed by atoms with E-state index >= 15 is 0 Å². The number of carbonyl (C=O) groups excluding carboxylic acids is 1. The van der Waals surface area contributed by atoms with E-state index in [0.29, 0.717) is 12.2 Å². The van der Waals surface area contributed by atoms with Crippen molar-refractivity contribution in [3.8, 4) is 0 Å². The Kier molecular flexibility index (Phi) is 3.44. The maximum Gasteiger partial charge on any atom is 0.335 e. The number of hydrogen-bond donors (Lipinski definition) is 1. The van der Waals surface area contributed by atoms with E-state index in [0.717, 1.165) is 0 Å². The number of benzene rings is 1. The predicted molar refractivity (Wildman–Crippen MR) is 57.1 cm³/mol. The summed E-state index contributed by atoms with van der Waals surface area (Å²) in [6.07, 6.45) is 0. The van der Waals surface area contributed by atoms with Gasteiger partial charge in [-0.05, 0) is 25.1 Å². The molecular weight excluding hydrogens is 194 g/mol. The van der Waals surface area contributed by atoms with Crippen molar-refractivity contribution in [2.24, 2.45) is 0 Å². The quantitative estimate of drug-likeness (QED) is 0.821. The van der Waals surface area contributed by atoms with Crippen LogP contribution in [0.1, 0.15) is 24.2 Å². The lowest BCUT2D eigenvalue weighted by molar-refractivity contribution is -0.116. The van der Waals surface area contributed by atoms with E-state index in [1.807, 2.05) is 6.92 Å². The van der Waals surface area contributed by atoms with Crippen LogP contribution in [0.25, 0.3) is 0 Å². The van der Waals surface area contributed by atoms with Gasteiger partial charge in [0, 0.05) is 19.2 Å². The first kappa shape index (κ1) is 11.2. The summed E-state index contributed by atoms with van der Waals surface area (Å²) >= 11 is 0. The van der Waals surface area contributed by atoms with Crippen LogP contribution >= 0.6 is 0 Å². The summed E-state index contributed by atoms with van der Waals surface area (Å²) < 4.78 is 0. The highest BCUT2D eigenvalue weighted by atomic mass is 16.4. The van der Waals surface area contributed by atoms with E-state index in [9.17, 15) is 9.59 Å². The smallest absolute Gasteiger partial charge is 0.335 e. The Morgan fingerprint density at radius 1 is 1.40 bits per heavy atom. The average Bonchev–Trinajstić information content (AvgIpc) is 2.18. The number of rotatable bonds is 3. The number of amides is 1. The van der Waals surface area contributed by atoms with Gasteiger partial charge in [0.05, 0.1) is 5.56 Å². The molecule has 4 heteroatoms. The number of hydrogen-bond acceptors (Lipinski definition) is 2. The molecule has 1 amide bonds. The minimum Gasteiger partial charge on any atom is -0.478 e. The van der Waals surface area contributed by atoms with Crippen LogP contribution in [0.15, 0.2) is 24.3 Å². The normalized spacial score (nSPS) is 9.73. The molecule has 0 unspecified atom stereocenters. The molecule has 0 heterocycles. The Hall–Kier alpha value is -1.84. The van der Waals surface area contributed by atoms with Gasteiger partial charge in [0.15, 0.2) is 0 Å². The van der Waals surface area contributed by atoms with Gasteiger partial charge in [-0.25, -0.2) is 4.79 Å². The Labute approximate surface area is 88.1 Å². The Morgan fingerprint density at radius 3 is 2.53 bits per heavy atom. The lowest BCUT2D eigenvalue weighted by Gasteiger charge is -2.19. The Balaban J connectivity index is 3.08. The summed E-state index contributed by atoms with van der Waals surface area (Å²) in [6, 6.07) is 6.34. The van der Waals surface area contributed by atoms with Crippen molar-refractivity contribution >= 4 is 17.6 Å². The van der Waals surface area contributed by atoms with Crippen LogP contribution in [0.4, 0.5) is 5.69 Å². The van der Waals surface area contributed by atoms with Gasteiger partial charge in [0.1, 0.15) is 0 Å². The molecule has 1 aromatic carbocycles. The van der Waals surface area contributed by atoms with Crippen LogP contribution in [0.3, 0.4) is 0 Å². The molecule has 1 rings (SSSR count). The molecule has 0 radical (unpaired) electrons.